The molecule has 1 aromatic carbocycles. The minimum Gasteiger partial charge on any atom is -0.493 e. The maximum Gasteiger partial charge on any atom is 0.220 e. The predicted molar refractivity (Wildman–Crippen MR) is 75.6 cm³/mol. The van der Waals surface area contributed by atoms with Crippen molar-refractivity contribution in [2.75, 3.05) is 13.7 Å². The fraction of sp³-hybridized carbons (Fsp3) is 0.533. The number of nitrogens with one attached hydrogen (secondary N) is 1. The van der Waals surface area contributed by atoms with Gasteiger partial charge in [0.15, 0.2) is 11.5 Å². The minimum absolute atomic E-state index is 0.0815. The molecule has 1 aromatic rings. The van der Waals surface area contributed by atoms with Crippen molar-refractivity contribution in [2.24, 2.45) is 0 Å². The Morgan fingerprint density at radius 1 is 1.32 bits per heavy atom. The summed E-state index contributed by atoms with van der Waals surface area (Å²) in [6.07, 6.45) is 2.13. The fourth-order valence-electron chi connectivity index (χ4n) is 1.60. The van der Waals surface area contributed by atoms with Crippen LogP contribution in [0.5, 0.6) is 11.5 Å². The van der Waals surface area contributed by atoms with Crippen LogP contribution in [0.2, 0.25) is 0 Å². The van der Waals surface area contributed by atoms with Gasteiger partial charge in [-0.15, -0.1) is 0 Å². The molecule has 1 N–H and O–H groups in total. The number of hydrogen-bond acceptors (Lipinski definition) is 3. The highest BCUT2D eigenvalue weighted by atomic mass is 16.5. The summed E-state index contributed by atoms with van der Waals surface area (Å²) in [6.45, 7) is 4.56. The van der Waals surface area contributed by atoms with Crippen molar-refractivity contribution in [3.05, 3.63) is 24.3 Å². The molecule has 0 saturated heterocycles. The molecule has 0 heterocycles. The fourth-order valence-corrected chi connectivity index (χ4v) is 1.60. The van der Waals surface area contributed by atoms with E-state index in [9.17, 15) is 4.79 Å². The number of carbonyl (C=O) groups is 1. The SMILES string of the molecule is CCC(C)NC(=O)CCCOc1ccccc1OC. The molecular formula is C15H23NO3. The largest absolute Gasteiger partial charge is 0.493 e. The first-order chi connectivity index (χ1) is 9.17. The van der Waals surface area contributed by atoms with Gasteiger partial charge in [0.2, 0.25) is 5.91 Å². The Morgan fingerprint density at radius 3 is 2.63 bits per heavy atom. The number of methoxy groups -OCH3 is 1. The zero-order valence-corrected chi connectivity index (χ0v) is 11.9. The number of para-hydroxylation sites is 2. The summed E-state index contributed by atoms with van der Waals surface area (Å²) in [5, 5.41) is 2.93. The van der Waals surface area contributed by atoms with Crippen LogP contribution in [0.25, 0.3) is 0 Å². The third kappa shape index (κ3) is 5.64. The molecule has 1 unspecified atom stereocenters. The van der Waals surface area contributed by atoms with E-state index in [0.29, 0.717) is 30.9 Å². The first-order valence-corrected chi connectivity index (χ1v) is 6.72. The number of benzene rings is 1. The first kappa shape index (κ1) is 15.3. The van der Waals surface area contributed by atoms with Crippen molar-refractivity contribution in [3.8, 4) is 11.5 Å². The summed E-state index contributed by atoms with van der Waals surface area (Å²) in [5.41, 5.74) is 0. The third-order valence-electron chi connectivity index (χ3n) is 2.89. The molecule has 0 aliphatic heterocycles. The molecule has 1 amide bonds. The van der Waals surface area contributed by atoms with E-state index < -0.39 is 0 Å². The van der Waals surface area contributed by atoms with Crippen molar-refractivity contribution < 1.29 is 14.3 Å². The predicted octanol–water partition coefficient (Wildman–Crippen LogP) is 2.77. The highest BCUT2D eigenvalue weighted by Crippen LogP contribution is 2.25. The molecule has 0 aliphatic rings. The van der Waals surface area contributed by atoms with E-state index in [0.717, 1.165) is 6.42 Å². The average Bonchev–Trinajstić information content (AvgIpc) is 2.43. The van der Waals surface area contributed by atoms with Gasteiger partial charge in [0.05, 0.1) is 13.7 Å². The van der Waals surface area contributed by atoms with Crippen molar-refractivity contribution in [3.63, 3.8) is 0 Å². The minimum atomic E-state index is 0.0815. The van der Waals surface area contributed by atoms with Gasteiger partial charge in [-0.3, -0.25) is 4.79 Å². The van der Waals surface area contributed by atoms with Crippen LogP contribution in [0.1, 0.15) is 33.1 Å². The molecule has 0 fully saturated rings. The normalized spacial score (nSPS) is 11.7. The molecule has 0 spiro atoms. The molecule has 4 heteroatoms. The molecule has 0 bridgehead atoms. The van der Waals surface area contributed by atoms with Gasteiger partial charge >= 0.3 is 0 Å². The van der Waals surface area contributed by atoms with Gasteiger partial charge in [0.1, 0.15) is 0 Å². The van der Waals surface area contributed by atoms with E-state index in [1.165, 1.54) is 0 Å². The van der Waals surface area contributed by atoms with Gasteiger partial charge in [-0.1, -0.05) is 19.1 Å². The van der Waals surface area contributed by atoms with E-state index in [-0.39, 0.29) is 11.9 Å². The molecule has 0 aliphatic carbocycles. The lowest BCUT2D eigenvalue weighted by molar-refractivity contribution is -0.121. The van der Waals surface area contributed by atoms with E-state index in [1.807, 2.05) is 31.2 Å². The second-order valence-electron chi connectivity index (χ2n) is 4.48. The van der Waals surface area contributed by atoms with Crippen LogP contribution in [0.15, 0.2) is 24.3 Å². The smallest absolute Gasteiger partial charge is 0.220 e. The van der Waals surface area contributed by atoms with Crippen LogP contribution in [0.3, 0.4) is 0 Å². The molecule has 1 atom stereocenters. The van der Waals surface area contributed by atoms with Gasteiger partial charge in [-0.25, -0.2) is 0 Å². The average molecular weight is 265 g/mol. The number of ether oxygens (including phenoxy) is 2. The Kier molecular flexibility index (Phi) is 6.79. The second-order valence-corrected chi connectivity index (χ2v) is 4.48. The van der Waals surface area contributed by atoms with Gasteiger partial charge in [0, 0.05) is 12.5 Å². The lowest BCUT2D eigenvalue weighted by atomic mass is 10.2. The van der Waals surface area contributed by atoms with E-state index >= 15 is 0 Å². The van der Waals surface area contributed by atoms with E-state index in [4.69, 9.17) is 9.47 Å². The molecular weight excluding hydrogens is 242 g/mol. The number of rotatable bonds is 8. The van der Waals surface area contributed by atoms with Crippen LogP contribution < -0.4 is 14.8 Å². The van der Waals surface area contributed by atoms with Crippen molar-refractivity contribution >= 4 is 5.91 Å². The lowest BCUT2D eigenvalue weighted by Crippen LogP contribution is -2.31. The quantitative estimate of drug-likeness (QED) is 0.735. The summed E-state index contributed by atoms with van der Waals surface area (Å²) >= 11 is 0. The molecule has 4 nitrogen and oxygen atoms in total. The maximum atomic E-state index is 11.6. The topological polar surface area (TPSA) is 47.6 Å². The zero-order chi connectivity index (χ0) is 14.1. The Balaban J connectivity index is 2.25. The molecule has 19 heavy (non-hydrogen) atoms. The number of hydrogen-bond donors (Lipinski definition) is 1. The zero-order valence-electron chi connectivity index (χ0n) is 11.9. The maximum absolute atomic E-state index is 11.6. The molecule has 106 valence electrons. The van der Waals surface area contributed by atoms with Gasteiger partial charge in [-0.2, -0.15) is 0 Å². The van der Waals surface area contributed by atoms with Crippen LogP contribution >= 0.6 is 0 Å². The molecule has 1 rings (SSSR count). The molecule has 0 aromatic heterocycles. The van der Waals surface area contributed by atoms with Crippen molar-refractivity contribution in [2.45, 2.75) is 39.2 Å². The Hall–Kier alpha value is -1.71. The summed E-state index contributed by atoms with van der Waals surface area (Å²) in [4.78, 5) is 11.6. The first-order valence-electron chi connectivity index (χ1n) is 6.72. The lowest BCUT2D eigenvalue weighted by Gasteiger charge is -2.12. The van der Waals surface area contributed by atoms with Gasteiger partial charge in [-0.05, 0) is 31.9 Å². The summed E-state index contributed by atoms with van der Waals surface area (Å²) in [6, 6.07) is 7.74. The summed E-state index contributed by atoms with van der Waals surface area (Å²) in [7, 11) is 1.61. The Bertz CT molecular complexity index is 393. The van der Waals surface area contributed by atoms with Crippen LogP contribution in [-0.2, 0) is 4.79 Å². The van der Waals surface area contributed by atoms with Crippen molar-refractivity contribution in [1.29, 1.82) is 0 Å². The number of amides is 1. The molecule has 0 saturated carbocycles. The molecule has 0 radical (unpaired) electrons. The van der Waals surface area contributed by atoms with E-state index in [1.54, 1.807) is 7.11 Å². The monoisotopic (exact) mass is 265 g/mol. The van der Waals surface area contributed by atoms with Gasteiger partial charge in [0.25, 0.3) is 0 Å². The number of carbonyl (C=O) groups excluding carboxylic acids is 1. The second kappa shape index (κ2) is 8.40. The standard InChI is InChI=1S/C15H23NO3/c1-4-12(2)16-15(17)10-7-11-19-14-9-6-5-8-13(14)18-3/h5-6,8-9,12H,4,7,10-11H2,1-3H3,(H,16,17). The van der Waals surface area contributed by atoms with E-state index in [2.05, 4.69) is 12.2 Å². The Morgan fingerprint density at radius 2 is 2.00 bits per heavy atom. The summed E-state index contributed by atoms with van der Waals surface area (Å²) in [5.74, 6) is 1.51. The van der Waals surface area contributed by atoms with Crippen LogP contribution in [0.4, 0.5) is 0 Å². The third-order valence-corrected chi connectivity index (χ3v) is 2.89. The van der Waals surface area contributed by atoms with Gasteiger partial charge < -0.3 is 14.8 Å². The summed E-state index contributed by atoms with van der Waals surface area (Å²) < 4.78 is 10.8. The van der Waals surface area contributed by atoms with Crippen LogP contribution in [-0.4, -0.2) is 25.7 Å². The highest BCUT2D eigenvalue weighted by molar-refractivity contribution is 5.76. The highest BCUT2D eigenvalue weighted by Gasteiger charge is 2.06. The van der Waals surface area contributed by atoms with Crippen LogP contribution in [0, 0.1) is 0 Å². The van der Waals surface area contributed by atoms with Crippen molar-refractivity contribution in [1.82, 2.24) is 5.32 Å². The Labute approximate surface area is 115 Å².